The van der Waals surface area contributed by atoms with Crippen LogP contribution in [0.3, 0.4) is 0 Å². The van der Waals surface area contributed by atoms with Crippen molar-refractivity contribution in [3.63, 3.8) is 0 Å². The third-order valence-electron chi connectivity index (χ3n) is 1.74. The van der Waals surface area contributed by atoms with Crippen LogP contribution in [-0.4, -0.2) is 25.0 Å². The van der Waals surface area contributed by atoms with E-state index in [4.69, 9.17) is 10.5 Å². The van der Waals surface area contributed by atoms with Crippen LogP contribution in [0, 0.1) is 0 Å². The third kappa shape index (κ3) is 4.65. The second kappa shape index (κ2) is 6.87. The molecule has 0 fully saturated rings. The van der Waals surface area contributed by atoms with Crippen LogP contribution in [0.25, 0.3) is 0 Å². The molecule has 0 heterocycles. The minimum Gasteiger partial charge on any atom is -0.380 e. The third-order valence-corrected chi connectivity index (χ3v) is 2.94. The van der Waals surface area contributed by atoms with Crippen LogP contribution in [0.2, 0.25) is 0 Å². The Morgan fingerprint density at radius 1 is 1.36 bits per heavy atom. The summed E-state index contributed by atoms with van der Waals surface area (Å²) in [6, 6.07) is 10.4. The van der Waals surface area contributed by atoms with Crippen molar-refractivity contribution in [2.45, 2.75) is 17.9 Å². The zero-order valence-electron chi connectivity index (χ0n) is 8.48. The Labute approximate surface area is 89.8 Å². The van der Waals surface area contributed by atoms with E-state index in [0.29, 0.717) is 6.61 Å². The molecule has 0 amide bonds. The van der Waals surface area contributed by atoms with E-state index in [0.717, 1.165) is 12.4 Å². The van der Waals surface area contributed by atoms with Crippen LogP contribution in [0.5, 0.6) is 0 Å². The molecule has 78 valence electrons. The fraction of sp³-hybridized carbons (Fsp3) is 0.455. The second-order valence-corrected chi connectivity index (χ2v) is 4.14. The first-order valence-electron chi connectivity index (χ1n) is 4.84. The molecular formula is C11H17NOS. The van der Waals surface area contributed by atoms with Crippen molar-refractivity contribution in [2.75, 3.05) is 19.0 Å². The molecule has 0 saturated heterocycles. The maximum absolute atomic E-state index is 5.86. The van der Waals surface area contributed by atoms with Gasteiger partial charge in [0.1, 0.15) is 0 Å². The molecule has 2 N–H and O–H groups in total. The van der Waals surface area contributed by atoms with Gasteiger partial charge < -0.3 is 10.5 Å². The number of thioether (sulfide) groups is 1. The fourth-order valence-electron chi connectivity index (χ4n) is 1.04. The molecule has 0 aliphatic heterocycles. The molecule has 1 aromatic carbocycles. The molecule has 1 atom stereocenters. The highest BCUT2D eigenvalue weighted by Gasteiger charge is 2.02. The largest absolute Gasteiger partial charge is 0.380 e. The van der Waals surface area contributed by atoms with E-state index in [9.17, 15) is 0 Å². The topological polar surface area (TPSA) is 35.2 Å². The van der Waals surface area contributed by atoms with Crippen molar-refractivity contribution in [1.82, 2.24) is 0 Å². The molecule has 0 aliphatic carbocycles. The molecule has 1 rings (SSSR count). The summed E-state index contributed by atoms with van der Waals surface area (Å²) in [6.45, 7) is 3.37. The summed E-state index contributed by atoms with van der Waals surface area (Å²) in [4.78, 5) is 1.26. The number of nitrogens with two attached hydrogens (primary N) is 1. The van der Waals surface area contributed by atoms with Gasteiger partial charge >= 0.3 is 0 Å². The lowest BCUT2D eigenvalue weighted by atomic mass is 10.4. The highest BCUT2D eigenvalue weighted by molar-refractivity contribution is 7.99. The summed E-state index contributed by atoms with van der Waals surface area (Å²) in [5, 5.41) is 0. The zero-order valence-corrected chi connectivity index (χ0v) is 9.30. The average Bonchev–Trinajstić information content (AvgIpc) is 2.25. The highest BCUT2D eigenvalue weighted by Crippen LogP contribution is 2.17. The Kier molecular flexibility index (Phi) is 5.68. The molecule has 0 aliphatic rings. The molecule has 14 heavy (non-hydrogen) atoms. The standard InChI is InChI=1S/C11H17NOS/c1-2-13-8-10(12)9-14-11-6-4-3-5-7-11/h3-7,10H,2,8-9,12H2,1H3. The summed E-state index contributed by atoms with van der Waals surface area (Å²) in [7, 11) is 0. The molecule has 0 saturated carbocycles. The van der Waals surface area contributed by atoms with Gasteiger partial charge in [0.25, 0.3) is 0 Å². The van der Waals surface area contributed by atoms with E-state index in [1.165, 1.54) is 4.90 Å². The summed E-state index contributed by atoms with van der Waals surface area (Å²) < 4.78 is 5.25. The molecule has 1 aromatic rings. The Morgan fingerprint density at radius 3 is 2.71 bits per heavy atom. The Morgan fingerprint density at radius 2 is 2.07 bits per heavy atom. The number of ether oxygens (including phenoxy) is 1. The second-order valence-electron chi connectivity index (χ2n) is 3.04. The SMILES string of the molecule is CCOCC(N)CSc1ccccc1. The van der Waals surface area contributed by atoms with Gasteiger partial charge in [-0.1, -0.05) is 18.2 Å². The quantitative estimate of drug-likeness (QED) is 0.732. The van der Waals surface area contributed by atoms with E-state index in [2.05, 4.69) is 12.1 Å². The van der Waals surface area contributed by atoms with E-state index >= 15 is 0 Å². The van der Waals surface area contributed by atoms with Gasteiger partial charge in [0.2, 0.25) is 0 Å². The Bertz CT molecular complexity index is 240. The van der Waals surface area contributed by atoms with Crippen LogP contribution < -0.4 is 5.73 Å². The number of hydrogen-bond donors (Lipinski definition) is 1. The first-order valence-corrected chi connectivity index (χ1v) is 5.82. The lowest BCUT2D eigenvalue weighted by Crippen LogP contribution is -2.28. The van der Waals surface area contributed by atoms with Crippen molar-refractivity contribution in [1.29, 1.82) is 0 Å². The van der Waals surface area contributed by atoms with E-state index in [1.807, 2.05) is 25.1 Å². The van der Waals surface area contributed by atoms with Crippen LogP contribution in [0.15, 0.2) is 35.2 Å². The summed E-state index contributed by atoms with van der Waals surface area (Å²) in [5.74, 6) is 0.907. The van der Waals surface area contributed by atoms with Crippen molar-refractivity contribution >= 4 is 11.8 Å². The fourth-order valence-corrected chi connectivity index (χ4v) is 1.89. The monoisotopic (exact) mass is 211 g/mol. The molecule has 2 nitrogen and oxygen atoms in total. The molecule has 0 radical (unpaired) electrons. The van der Waals surface area contributed by atoms with Crippen molar-refractivity contribution in [3.05, 3.63) is 30.3 Å². The van der Waals surface area contributed by atoms with E-state index in [1.54, 1.807) is 11.8 Å². The predicted octanol–water partition coefficient (Wildman–Crippen LogP) is 2.14. The predicted molar refractivity (Wildman–Crippen MR) is 61.6 cm³/mol. The summed E-state index contributed by atoms with van der Waals surface area (Å²) >= 11 is 1.77. The Hall–Kier alpha value is -0.510. The van der Waals surface area contributed by atoms with Gasteiger partial charge in [-0.2, -0.15) is 0 Å². The van der Waals surface area contributed by atoms with Crippen LogP contribution in [0.4, 0.5) is 0 Å². The summed E-state index contributed by atoms with van der Waals surface area (Å²) in [6.07, 6.45) is 0. The van der Waals surface area contributed by atoms with Gasteiger partial charge in [-0.25, -0.2) is 0 Å². The van der Waals surface area contributed by atoms with Gasteiger partial charge in [-0.3, -0.25) is 0 Å². The van der Waals surface area contributed by atoms with Gasteiger partial charge in [-0.15, -0.1) is 11.8 Å². The minimum absolute atomic E-state index is 0.125. The number of hydrogen-bond acceptors (Lipinski definition) is 3. The van der Waals surface area contributed by atoms with E-state index < -0.39 is 0 Å². The maximum Gasteiger partial charge on any atom is 0.0625 e. The molecule has 0 spiro atoms. The maximum atomic E-state index is 5.86. The highest BCUT2D eigenvalue weighted by atomic mass is 32.2. The number of benzene rings is 1. The normalized spacial score (nSPS) is 12.7. The van der Waals surface area contributed by atoms with Crippen LogP contribution >= 0.6 is 11.8 Å². The average molecular weight is 211 g/mol. The van der Waals surface area contributed by atoms with Crippen molar-refractivity contribution in [2.24, 2.45) is 5.73 Å². The molecule has 3 heteroatoms. The molecular weight excluding hydrogens is 194 g/mol. The van der Waals surface area contributed by atoms with Gasteiger partial charge in [0.05, 0.1) is 6.61 Å². The van der Waals surface area contributed by atoms with Gasteiger partial charge in [0.15, 0.2) is 0 Å². The van der Waals surface area contributed by atoms with Crippen molar-refractivity contribution < 1.29 is 4.74 Å². The lowest BCUT2D eigenvalue weighted by molar-refractivity contribution is 0.138. The molecule has 1 unspecified atom stereocenters. The first kappa shape index (κ1) is 11.6. The Balaban J connectivity index is 2.20. The van der Waals surface area contributed by atoms with Gasteiger partial charge in [0, 0.05) is 23.3 Å². The van der Waals surface area contributed by atoms with E-state index in [-0.39, 0.29) is 6.04 Å². The smallest absolute Gasteiger partial charge is 0.0625 e. The van der Waals surface area contributed by atoms with Crippen LogP contribution in [-0.2, 0) is 4.74 Å². The van der Waals surface area contributed by atoms with Crippen LogP contribution in [0.1, 0.15) is 6.92 Å². The lowest BCUT2D eigenvalue weighted by Gasteiger charge is -2.10. The molecule has 0 aromatic heterocycles. The van der Waals surface area contributed by atoms with Gasteiger partial charge in [-0.05, 0) is 19.1 Å². The minimum atomic E-state index is 0.125. The van der Waals surface area contributed by atoms with Crippen molar-refractivity contribution in [3.8, 4) is 0 Å². The number of rotatable bonds is 6. The summed E-state index contributed by atoms with van der Waals surface area (Å²) in [5.41, 5.74) is 5.86. The molecule has 0 bridgehead atoms. The zero-order chi connectivity index (χ0) is 10.2. The first-order chi connectivity index (χ1) is 6.83.